The minimum Gasteiger partial charge on any atom is -0.350 e. The maximum absolute atomic E-state index is 13.8. The van der Waals surface area contributed by atoms with Crippen LogP contribution in [-0.4, -0.2) is 52.8 Å². The summed E-state index contributed by atoms with van der Waals surface area (Å²) >= 11 is 0. The van der Waals surface area contributed by atoms with Crippen LogP contribution in [0, 0.1) is 19.7 Å². The van der Waals surface area contributed by atoms with Gasteiger partial charge in [0.15, 0.2) is 0 Å². The van der Waals surface area contributed by atoms with Gasteiger partial charge < -0.3 is 14.8 Å². The van der Waals surface area contributed by atoms with Gasteiger partial charge in [-0.25, -0.2) is 4.39 Å². The van der Waals surface area contributed by atoms with Crippen molar-refractivity contribution in [1.82, 2.24) is 14.8 Å². The Kier molecular flexibility index (Phi) is 4.63. The van der Waals surface area contributed by atoms with Crippen molar-refractivity contribution in [3.05, 3.63) is 70.7 Å². The monoisotopic (exact) mass is 379 g/mol. The number of amides is 2. The summed E-state index contributed by atoms with van der Waals surface area (Å²) in [7, 11) is 0. The van der Waals surface area contributed by atoms with E-state index in [0.29, 0.717) is 43.0 Å². The summed E-state index contributed by atoms with van der Waals surface area (Å²) in [5, 5.41) is 1.04. The summed E-state index contributed by atoms with van der Waals surface area (Å²) < 4.78 is 13.8. The molecule has 1 aromatic heterocycles. The maximum Gasteiger partial charge on any atom is 0.270 e. The van der Waals surface area contributed by atoms with Gasteiger partial charge in [0.25, 0.3) is 11.8 Å². The van der Waals surface area contributed by atoms with E-state index in [1.807, 2.05) is 31.2 Å². The first-order valence-electron chi connectivity index (χ1n) is 9.37. The lowest BCUT2D eigenvalue weighted by molar-refractivity contribution is 0.0532. The van der Waals surface area contributed by atoms with Crippen molar-refractivity contribution >= 4 is 22.7 Å². The minimum absolute atomic E-state index is 0.0535. The number of aryl methyl sites for hydroxylation is 2. The van der Waals surface area contributed by atoms with Crippen LogP contribution in [0.1, 0.15) is 32.0 Å². The smallest absolute Gasteiger partial charge is 0.270 e. The van der Waals surface area contributed by atoms with Gasteiger partial charge >= 0.3 is 0 Å². The lowest BCUT2D eigenvalue weighted by Crippen LogP contribution is -2.50. The Morgan fingerprint density at radius 3 is 2.21 bits per heavy atom. The number of carbonyl (C=O) groups excluding carboxylic acids is 2. The number of fused-ring (bicyclic) bond motifs is 1. The van der Waals surface area contributed by atoms with Crippen LogP contribution in [0.15, 0.2) is 42.5 Å². The lowest BCUT2D eigenvalue weighted by atomic mass is 10.1. The lowest BCUT2D eigenvalue weighted by Gasteiger charge is -2.34. The van der Waals surface area contributed by atoms with Crippen LogP contribution >= 0.6 is 0 Å². The summed E-state index contributed by atoms with van der Waals surface area (Å²) in [5.41, 5.74) is 3.34. The fourth-order valence-corrected chi connectivity index (χ4v) is 3.68. The van der Waals surface area contributed by atoms with Gasteiger partial charge in [0.05, 0.1) is 0 Å². The van der Waals surface area contributed by atoms with Crippen LogP contribution in [0.5, 0.6) is 0 Å². The Morgan fingerprint density at radius 1 is 0.929 bits per heavy atom. The van der Waals surface area contributed by atoms with Crippen LogP contribution in [0.2, 0.25) is 0 Å². The third kappa shape index (κ3) is 3.15. The number of para-hydroxylation sites is 1. The second-order valence-corrected chi connectivity index (χ2v) is 7.22. The number of H-pyrrole nitrogens is 1. The van der Waals surface area contributed by atoms with E-state index in [9.17, 15) is 14.0 Å². The fourth-order valence-electron chi connectivity index (χ4n) is 3.68. The molecule has 2 aromatic carbocycles. The molecule has 28 heavy (non-hydrogen) atoms. The summed E-state index contributed by atoms with van der Waals surface area (Å²) in [5.74, 6) is -0.635. The first-order valence-corrected chi connectivity index (χ1v) is 9.37. The van der Waals surface area contributed by atoms with E-state index in [-0.39, 0.29) is 17.6 Å². The van der Waals surface area contributed by atoms with Crippen molar-refractivity contribution < 1.29 is 14.0 Å². The molecule has 144 valence electrons. The molecular formula is C22H22FN3O2. The Balaban J connectivity index is 1.46. The molecule has 0 saturated carbocycles. The molecule has 1 saturated heterocycles. The number of hydrogen-bond donors (Lipinski definition) is 1. The van der Waals surface area contributed by atoms with Gasteiger partial charge in [0.2, 0.25) is 0 Å². The highest BCUT2D eigenvalue weighted by molar-refractivity contribution is 6.01. The van der Waals surface area contributed by atoms with Crippen molar-refractivity contribution in [3.8, 4) is 0 Å². The number of rotatable bonds is 2. The van der Waals surface area contributed by atoms with Crippen molar-refractivity contribution in [2.24, 2.45) is 0 Å². The van der Waals surface area contributed by atoms with Crippen molar-refractivity contribution in [3.63, 3.8) is 0 Å². The van der Waals surface area contributed by atoms with Gasteiger partial charge in [-0.05, 0) is 43.2 Å². The van der Waals surface area contributed by atoms with Crippen LogP contribution in [0.25, 0.3) is 10.9 Å². The van der Waals surface area contributed by atoms with E-state index >= 15 is 0 Å². The molecule has 3 aromatic rings. The molecule has 1 N–H and O–H groups in total. The number of halogens is 1. The molecule has 1 fully saturated rings. The normalized spacial score (nSPS) is 14.5. The zero-order chi connectivity index (χ0) is 19.8. The maximum atomic E-state index is 13.8. The molecule has 0 radical (unpaired) electrons. The van der Waals surface area contributed by atoms with E-state index in [0.717, 1.165) is 16.5 Å². The quantitative estimate of drug-likeness (QED) is 0.741. The first-order chi connectivity index (χ1) is 13.5. The standard InChI is InChI=1S/C22H22FN3O2/c1-14-7-8-16(13-18(14)23)21(27)25-9-11-26(12-10-25)22(28)20-15(2)17-5-3-4-6-19(17)24-20/h3-8,13,24H,9-12H2,1-2H3. The first kappa shape index (κ1) is 18.2. The van der Waals surface area contributed by atoms with Gasteiger partial charge in [-0.15, -0.1) is 0 Å². The largest absolute Gasteiger partial charge is 0.350 e. The molecule has 4 rings (SSSR count). The Bertz CT molecular complexity index is 1060. The third-order valence-corrected chi connectivity index (χ3v) is 5.45. The number of nitrogens with one attached hydrogen (secondary N) is 1. The molecule has 5 nitrogen and oxygen atoms in total. The molecule has 0 aliphatic carbocycles. The predicted octanol–water partition coefficient (Wildman–Crippen LogP) is 3.52. The number of hydrogen-bond acceptors (Lipinski definition) is 2. The molecule has 0 unspecified atom stereocenters. The number of nitrogens with zero attached hydrogens (tertiary/aromatic N) is 2. The Hall–Kier alpha value is -3.15. The molecule has 2 heterocycles. The van der Waals surface area contributed by atoms with E-state index in [4.69, 9.17) is 0 Å². The predicted molar refractivity (Wildman–Crippen MR) is 106 cm³/mol. The topological polar surface area (TPSA) is 56.4 Å². The van der Waals surface area contributed by atoms with Crippen molar-refractivity contribution in [2.75, 3.05) is 26.2 Å². The highest BCUT2D eigenvalue weighted by Gasteiger charge is 2.27. The zero-order valence-corrected chi connectivity index (χ0v) is 16.0. The number of aromatic nitrogens is 1. The summed E-state index contributed by atoms with van der Waals surface area (Å²) in [6, 6.07) is 12.4. The number of piperazine rings is 1. The zero-order valence-electron chi connectivity index (χ0n) is 16.0. The molecule has 0 spiro atoms. The second kappa shape index (κ2) is 7.11. The third-order valence-electron chi connectivity index (χ3n) is 5.45. The number of carbonyl (C=O) groups is 2. The van der Waals surface area contributed by atoms with Crippen molar-refractivity contribution in [2.45, 2.75) is 13.8 Å². The molecule has 2 amide bonds. The molecular weight excluding hydrogens is 357 g/mol. The number of benzene rings is 2. The van der Waals surface area contributed by atoms with Gasteiger partial charge in [-0.2, -0.15) is 0 Å². The van der Waals surface area contributed by atoms with Gasteiger partial charge in [-0.1, -0.05) is 24.3 Å². The van der Waals surface area contributed by atoms with Crippen LogP contribution in [0.3, 0.4) is 0 Å². The summed E-state index contributed by atoms with van der Waals surface area (Å²) in [6.07, 6.45) is 0. The SMILES string of the molecule is Cc1ccc(C(=O)N2CCN(C(=O)c3[nH]c4ccccc4c3C)CC2)cc1F. The average molecular weight is 379 g/mol. The van der Waals surface area contributed by atoms with E-state index < -0.39 is 0 Å². The van der Waals surface area contributed by atoms with E-state index in [2.05, 4.69) is 4.98 Å². The van der Waals surface area contributed by atoms with Gasteiger partial charge in [0.1, 0.15) is 11.5 Å². The second-order valence-electron chi connectivity index (χ2n) is 7.22. The van der Waals surface area contributed by atoms with Gasteiger partial charge in [-0.3, -0.25) is 9.59 Å². The van der Waals surface area contributed by atoms with Crippen molar-refractivity contribution in [1.29, 1.82) is 0 Å². The van der Waals surface area contributed by atoms with Crippen LogP contribution in [0.4, 0.5) is 4.39 Å². The minimum atomic E-state index is -0.381. The molecule has 6 heteroatoms. The average Bonchev–Trinajstić information content (AvgIpc) is 3.06. The molecule has 1 aliphatic heterocycles. The number of aromatic amines is 1. The fraction of sp³-hybridized carbons (Fsp3) is 0.273. The Labute approximate surface area is 162 Å². The molecule has 1 aliphatic rings. The molecule has 0 atom stereocenters. The highest BCUT2D eigenvalue weighted by atomic mass is 19.1. The van der Waals surface area contributed by atoms with E-state index in [1.54, 1.807) is 28.9 Å². The summed E-state index contributed by atoms with van der Waals surface area (Å²) in [4.78, 5) is 32.2. The highest BCUT2D eigenvalue weighted by Crippen LogP contribution is 2.23. The van der Waals surface area contributed by atoms with Crippen LogP contribution < -0.4 is 0 Å². The van der Waals surface area contributed by atoms with E-state index in [1.165, 1.54) is 6.07 Å². The van der Waals surface area contributed by atoms with Crippen LogP contribution in [-0.2, 0) is 0 Å². The van der Waals surface area contributed by atoms with Gasteiger partial charge in [0, 0.05) is 42.6 Å². The molecule has 0 bridgehead atoms. The Morgan fingerprint density at radius 2 is 1.57 bits per heavy atom. The summed E-state index contributed by atoms with van der Waals surface area (Å²) in [6.45, 7) is 5.37.